The fraction of sp³-hybridized carbons (Fsp3) is 0.0238. The van der Waals surface area contributed by atoms with Gasteiger partial charge in [-0.25, -0.2) is 15.0 Å². The molecule has 1 aromatic heterocycles. The predicted octanol–water partition coefficient (Wildman–Crippen LogP) is 8.93. The Hall–Kier alpha value is -6.13. The van der Waals surface area contributed by atoms with Crippen LogP contribution in [0.5, 0.6) is 0 Å². The summed E-state index contributed by atoms with van der Waals surface area (Å²) in [6.07, 6.45) is 0. The van der Waals surface area contributed by atoms with Crippen LogP contribution in [-0.4, -0.2) is 9.55 Å². The zero-order chi connectivity index (χ0) is 30.2. The summed E-state index contributed by atoms with van der Waals surface area (Å²) in [6, 6.07) is 55.3. The minimum atomic E-state index is -1.15. The summed E-state index contributed by atoms with van der Waals surface area (Å²) < 4.78 is 2.31. The molecule has 4 nitrogen and oxygen atoms in total. The van der Waals surface area contributed by atoms with E-state index in [4.69, 9.17) is 15.0 Å². The summed E-state index contributed by atoms with van der Waals surface area (Å²) >= 11 is 0. The Morgan fingerprint density at radius 2 is 0.804 bits per heavy atom. The van der Waals surface area contributed by atoms with Gasteiger partial charge in [-0.3, -0.25) is 4.57 Å². The Kier molecular flexibility index (Phi) is 5.17. The molecule has 9 aromatic rings. The highest BCUT2D eigenvalue weighted by Crippen LogP contribution is 2.44. The lowest BCUT2D eigenvalue weighted by atomic mass is 9.99. The molecule has 0 bridgehead atoms. The van der Waals surface area contributed by atoms with Crippen molar-refractivity contribution in [3.8, 4) is 11.4 Å². The quantitative estimate of drug-likeness (QED) is 0.191. The molecule has 0 spiro atoms. The van der Waals surface area contributed by atoms with Crippen molar-refractivity contribution in [2.24, 2.45) is 9.98 Å². The van der Waals surface area contributed by atoms with Crippen molar-refractivity contribution in [1.29, 1.82) is 0 Å². The van der Waals surface area contributed by atoms with Crippen LogP contribution >= 0.6 is 0 Å². The van der Waals surface area contributed by atoms with Gasteiger partial charge in [-0.2, -0.15) is 0 Å². The maximum absolute atomic E-state index is 5.75. The third-order valence-electron chi connectivity index (χ3n) is 9.45. The molecule has 4 heteroatoms. The van der Waals surface area contributed by atoms with Crippen LogP contribution in [-0.2, 0) is 5.79 Å². The number of fused-ring (bicyclic) bond motifs is 12. The molecular formula is C42H26N4. The van der Waals surface area contributed by atoms with Crippen molar-refractivity contribution in [2.75, 3.05) is 0 Å². The fourth-order valence-electron chi connectivity index (χ4n) is 7.48. The van der Waals surface area contributed by atoms with Gasteiger partial charge in [0, 0.05) is 32.7 Å². The highest BCUT2D eigenvalue weighted by Gasteiger charge is 2.41. The molecule has 0 atom stereocenters. The minimum Gasteiger partial charge on any atom is -0.275 e. The SMILES string of the molecule is c1ccc(-c2nc3c4ccccc4c4ccccc4c3n2C2(c3ccccc3)N=c3c(c4ccccc4c4ccccc34)=N2)cc1. The van der Waals surface area contributed by atoms with E-state index in [-0.39, 0.29) is 0 Å². The molecule has 10 rings (SSSR count). The number of imidazole rings is 1. The molecule has 0 amide bonds. The highest BCUT2D eigenvalue weighted by atomic mass is 15.4. The van der Waals surface area contributed by atoms with E-state index in [9.17, 15) is 0 Å². The lowest BCUT2D eigenvalue weighted by Crippen LogP contribution is -2.31. The second kappa shape index (κ2) is 9.43. The molecule has 0 saturated carbocycles. The largest absolute Gasteiger partial charge is 0.275 e. The molecule has 0 N–H and O–H groups in total. The molecule has 1 aliphatic heterocycles. The summed E-state index contributed by atoms with van der Waals surface area (Å²) in [5.74, 6) is -0.323. The number of aromatic nitrogens is 2. The number of hydrogen-bond donors (Lipinski definition) is 0. The molecule has 46 heavy (non-hydrogen) atoms. The van der Waals surface area contributed by atoms with Crippen molar-refractivity contribution < 1.29 is 0 Å². The summed E-state index contributed by atoms with van der Waals surface area (Å²) in [4.78, 5) is 17.0. The van der Waals surface area contributed by atoms with Crippen LogP contribution in [0, 0.1) is 0 Å². The molecule has 2 heterocycles. The Balaban J connectivity index is 1.49. The van der Waals surface area contributed by atoms with E-state index in [2.05, 4.69) is 156 Å². The Morgan fingerprint density at radius 1 is 0.391 bits per heavy atom. The van der Waals surface area contributed by atoms with Crippen LogP contribution in [0.1, 0.15) is 5.56 Å². The van der Waals surface area contributed by atoms with Gasteiger partial charge in [-0.1, -0.05) is 158 Å². The van der Waals surface area contributed by atoms with Gasteiger partial charge in [0.05, 0.1) is 21.7 Å². The smallest absolute Gasteiger partial charge is 0.261 e. The van der Waals surface area contributed by atoms with Gasteiger partial charge < -0.3 is 0 Å². The van der Waals surface area contributed by atoms with E-state index in [1.165, 1.54) is 21.5 Å². The van der Waals surface area contributed by atoms with Crippen molar-refractivity contribution >= 4 is 54.1 Å². The van der Waals surface area contributed by atoms with E-state index in [1.54, 1.807) is 0 Å². The first-order valence-electron chi connectivity index (χ1n) is 15.6. The van der Waals surface area contributed by atoms with Crippen molar-refractivity contribution in [1.82, 2.24) is 9.55 Å². The third-order valence-corrected chi connectivity index (χ3v) is 9.45. The minimum absolute atomic E-state index is 0.829. The van der Waals surface area contributed by atoms with Crippen LogP contribution in [0.2, 0.25) is 0 Å². The Labute approximate surface area is 264 Å². The highest BCUT2D eigenvalue weighted by molar-refractivity contribution is 6.24. The van der Waals surface area contributed by atoms with Gasteiger partial charge in [0.25, 0.3) is 5.79 Å². The molecule has 8 aromatic carbocycles. The molecule has 0 unspecified atom stereocenters. The van der Waals surface area contributed by atoms with E-state index >= 15 is 0 Å². The maximum Gasteiger partial charge on any atom is 0.261 e. The van der Waals surface area contributed by atoms with Gasteiger partial charge in [-0.15, -0.1) is 0 Å². The topological polar surface area (TPSA) is 42.5 Å². The zero-order valence-corrected chi connectivity index (χ0v) is 24.8. The maximum atomic E-state index is 5.75. The summed E-state index contributed by atoms with van der Waals surface area (Å²) in [5.41, 5.74) is 3.96. The summed E-state index contributed by atoms with van der Waals surface area (Å²) in [7, 11) is 0. The lowest BCUT2D eigenvalue weighted by Gasteiger charge is -2.28. The average Bonchev–Trinajstić information content (AvgIpc) is 3.75. The molecule has 0 radical (unpaired) electrons. The summed E-state index contributed by atoms with van der Waals surface area (Å²) in [5, 5.41) is 11.0. The van der Waals surface area contributed by atoms with Crippen LogP contribution in [0.3, 0.4) is 0 Å². The van der Waals surface area contributed by atoms with Crippen molar-refractivity contribution in [3.05, 3.63) is 174 Å². The van der Waals surface area contributed by atoms with E-state index in [1.807, 2.05) is 6.07 Å². The Bertz CT molecular complexity index is 2720. The first-order valence-corrected chi connectivity index (χ1v) is 15.6. The van der Waals surface area contributed by atoms with Gasteiger partial charge in [0.15, 0.2) is 0 Å². The fourth-order valence-corrected chi connectivity index (χ4v) is 7.48. The van der Waals surface area contributed by atoms with Gasteiger partial charge >= 0.3 is 0 Å². The zero-order valence-electron chi connectivity index (χ0n) is 24.8. The molecule has 0 aliphatic carbocycles. The number of rotatable bonds is 3. The summed E-state index contributed by atoms with van der Waals surface area (Å²) in [6.45, 7) is 0. The van der Waals surface area contributed by atoms with Crippen LogP contribution in [0.4, 0.5) is 0 Å². The molecule has 214 valence electrons. The standard InChI is InChI=1S/C42H26N4/c1-3-15-27(16-4-1)41-43-39-35-25-13-9-21-31(35)32-22-10-14-26-36(32)40(39)46(41)42(28-17-5-2-6-18-28)44-37-33-23-11-7-19-29(33)30-20-8-12-24-34(30)38(37)45-42/h1-26H. The lowest BCUT2D eigenvalue weighted by molar-refractivity contribution is 0.404. The first kappa shape index (κ1) is 25.2. The normalized spacial score (nSPS) is 13.7. The average molecular weight is 587 g/mol. The van der Waals surface area contributed by atoms with E-state index < -0.39 is 5.79 Å². The number of nitrogens with zero attached hydrogens (tertiary/aromatic N) is 4. The predicted molar refractivity (Wildman–Crippen MR) is 187 cm³/mol. The van der Waals surface area contributed by atoms with Crippen molar-refractivity contribution in [3.63, 3.8) is 0 Å². The first-order chi connectivity index (χ1) is 22.8. The van der Waals surface area contributed by atoms with Crippen LogP contribution < -0.4 is 10.7 Å². The van der Waals surface area contributed by atoms with Gasteiger partial charge in [0.2, 0.25) is 0 Å². The monoisotopic (exact) mass is 586 g/mol. The second-order valence-corrected chi connectivity index (χ2v) is 11.9. The Morgan fingerprint density at radius 3 is 1.37 bits per heavy atom. The number of benzene rings is 8. The van der Waals surface area contributed by atoms with Crippen LogP contribution in [0.15, 0.2) is 168 Å². The van der Waals surface area contributed by atoms with Gasteiger partial charge in [0.1, 0.15) is 5.82 Å². The third kappa shape index (κ3) is 3.36. The molecule has 0 fully saturated rings. The van der Waals surface area contributed by atoms with Gasteiger partial charge in [-0.05, 0) is 21.5 Å². The molecule has 1 aliphatic rings. The number of hydrogen-bond acceptors (Lipinski definition) is 3. The molecule has 0 saturated heterocycles. The van der Waals surface area contributed by atoms with E-state index in [0.717, 1.165) is 60.2 Å². The second-order valence-electron chi connectivity index (χ2n) is 11.9. The van der Waals surface area contributed by atoms with Crippen molar-refractivity contribution in [2.45, 2.75) is 5.79 Å². The molecular weight excluding hydrogens is 560 g/mol. The van der Waals surface area contributed by atoms with E-state index in [0.29, 0.717) is 0 Å². The van der Waals surface area contributed by atoms with Crippen LogP contribution in [0.25, 0.3) is 65.5 Å².